The fourth-order valence-corrected chi connectivity index (χ4v) is 5.16. The molecule has 0 radical (unpaired) electrons. The average Bonchev–Trinajstić information content (AvgIpc) is 2.99. The lowest BCUT2D eigenvalue weighted by atomic mass is 9.98. The Labute approximate surface area is 239 Å². The van der Waals surface area contributed by atoms with E-state index in [4.69, 9.17) is 14.6 Å². The molecule has 0 bridgehead atoms. The first kappa shape index (κ1) is 29.0. The van der Waals surface area contributed by atoms with Crippen molar-refractivity contribution in [3.05, 3.63) is 66.5 Å². The Morgan fingerprint density at radius 2 is 1.48 bits per heavy atom. The molecule has 11 nitrogen and oxygen atoms in total. The zero-order valence-corrected chi connectivity index (χ0v) is 23.4. The molecule has 15 heteroatoms. The van der Waals surface area contributed by atoms with E-state index in [1.165, 1.54) is 38.5 Å². The highest BCUT2D eigenvalue weighted by Crippen LogP contribution is 2.41. The number of sulfonamides is 1. The third kappa shape index (κ3) is 6.06. The number of hydrogen-bond acceptors (Lipinski definition) is 10. The molecule has 0 atom stereocenters. The van der Waals surface area contributed by atoms with Crippen LogP contribution in [0, 0.1) is 0 Å². The molecule has 0 spiro atoms. The van der Waals surface area contributed by atoms with Crippen LogP contribution in [0.25, 0.3) is 22.4 Å². The number of nitrogens with zero attached hydrogens (tertiary/aromatic N) is 6. The summed E-state index contributed by atoms with van der Waals surface area (Å²) >= 11 is 0. The molecule has 0 saturated carbocycles. The van der Waals surface area contributed by atoms with Gasteiger partial charge in [0.15, 0.2) is 0 Å². The number of benzene rings is 2. The molecule has 42 heavy (non-hydrogen) atoms. The summed E-state index contributed by atoms with van der Waals surface area (Å²) in [6.07, 6.45) is -4.87. The number of halogens is 3. The first-order valence-electron chi connectivity index (χ1n) is 12.6. The van der Waals surface area contributed by atoms with Gasteiger partial charge in [-0.3, -0.25) is 0 Å². The van der Waals surface area contributed by atoms with Crippen LogP contribution in [-0.4, -0.2) is 68.8 Å². The van der Waals surface area contributed by atoms with Gasteiger partial charge in [-0.15, -0.1) is 0 Å². The van der Waals surface area contributed by atoms with Gasteiger partial charge >= 0.3 is 12.2 Å². The second kappa shape index (κ2) is 11.4. The van der Waals surface area contributed by atoms with Crippen LogP contribution in [-0.2, 0) is 16.2 Å². The van der Waals surface area contributed by atoms with Crippen molar-refractivity contribution in [2.45, 2.75) is 11.1 Å². The lowest BCUT2D eigenvalue weighted by molar-refractivity contribution is -0.144. The average molecular weight is 602 g/mol. The van der Waals surface area contributed by atoms with E-state index in [1.54, 1.807) is 41.3 Å². The maximum absolute atomic E-state index is 14.2. The Bertz CT molecular complexity index is 1680. The van der Waals surface area contributed by atoms with Gasteiger partial charge in [-0.25, -0.2) is 23.5 Å². The molecule has 2 aromatic carbocycles. The minimum atomic E-state index is -4.87. The van der Waals surface area contributed by atoms with Crippen molar-refractivity contribution in [2.75, 3.05) is 50.2 Å². The number of methoxy groups -OCH3 is 2. The predicted molar refractivity (Wildman–Crippen MR) is 149 cm³/mol. The van der Waals surface area contributed by atoms with Crippen molar-refractivity contribution in [1.29, 1.82) is 0 Å². The van der Waals surface area contributed by atoms with Gasteiger partial charge in [0, 0.05) is 37.8 Å². The SMILES string of the molecule is COc1cc(N2CCN(c3nc(C(F)(F)F)nc(-c4cccc(S(N)(=O)=O)c4)c3-c3ccccc3)CC2)nc(OC)n1. The maximum atomic E-state index is 14.2. The van der Waals surface area contributed by atoms with Crippen LogP contribution in [0.4, 0.5) is 24.8 Å². The topological polar surface area (TPSA) is 137 Å². The molecule has 2 N–H and O–H groups in total. The van der Waals surface area contributed by atoms with E-state index in [1.807, 2.05) is 4.90 Å². The van der Waals surface area contributed by atoms with Gasteiger partial charge in [0.25, 0.3) is 0 Å². The molecule has 3 heterocycles. The highest BCUT2D eigenvalue weighted by atomic mass is 32.2. The van der Waals surface area contributed by atoms with Gasteiger partial charge in [0.05, 0.1) is 30.4 Å². The number of piperazine rings is 1. The van der Waals surface area contributed by atoms with Crippen molar-refractivity contribution in [3.63, 3.8) is 0 Å². The number of anilines is 2. The number of primary sulfonamides is 1. The number of nitrogens with two attached hydrogens (primary N) is 1. The quantitative estimate of drug-likeness (QED) is 0.335. The van der Waals surface area contributed by atoms with Crippen LogP contribution in [0.5, 0.6) is 11.9 Å². The maximum Gasteiger partial charge on any atom is 0.451 e. The Kier molecular flexibility index (Phi) is 7.88. The standard InChI is InChI=1S/C27H26F3N7O4S/c1-40-21-16-20(32-26(33-21)41-2)36-11-13-37(14-12-36)24-22(17-7-4-3-5-8-17)23(34-25(35-24)27(28,29)30)18-9-6-10-19(15-18)42(31,38)39/h3-10,15-16H,11-14H2,1-2H3,(H2,31,38,39). The molecule has 1 aliphatic rings. The summed E-state index contributed by atoms with van der Waals surface area (Å²) in [6, 6.07) is 15.9. The molecular formula is C27H26F3N7O4S. The largest absolute Gasteiger partial charge is 0.481 e. The smallest absolute Gasteiger partial charge is 0.451 e. The molecule has 0 aliphatic carbocycles. The van der Waals surface area contributed by atoms with Gasteiger partial charge in [0.2, 0.25) is 21.7 Å². The second-order valence-corrected chi connectivity index (χ2v) is 10.8. The van der Waals surface area contributed by atoms with Crippen molar-refractivity contribution in [1.82, 2.24) is 19.9 Å². The number of aromatic nitrogens is 4. The number of hydrogen-bond donors (Lipinski definition) is 1. The van der Waals surface area contributed by atoms with Gasteiger partial charge < -0.3 is 19.3 Å². The van der Waals surface area contributed by atoms with E-state index in [-0.39, 0.29) is 28.0 Å². The zero-order valence-electron chi connectivity index (χ0n) is 22.5. The van der Waals surface area contributed by atoms with Gasteiger partial charge in [-0.05, 0) is 17.7 Å². The van der Waals surface area contributed by atoms with Crippen molar-refractivity contribution < 1.29 is 31.1 Å². The molecule has 1 fully saturated rings. The summed E-state index contributed by atoms with van der Waals surface area (Å²) in [6.45, 7) is 1.36. The van der Waals surface area contributed by atoms with E-state index >= 15 is 0 Å². The Balaban J connectivity index is 1.62. The number of alkyl halides is 3. The normalized spacial score (nSPS) is 14.1. The summed E-state index contributed by atoms with van der Waals surface area (Å²) in [7, 11) is -1.23. The minimum Gasteiger partial charge on any atom is -0.481 e. The molecular weight excluding hydrogens is 575 g/mol. The van der Waals surface area contributed by atoms with Crippen molar-refractivity contribution in [3.8, 4) is 34.3 Å². The van der Waals surface area contributed by atoms with Crippen LogP contribution >= 0.6 is 0 Å². The van der Waals surface area contributed by atoms with E-state index in [0.29, 0.717) is 49.0 Å². The number of rotatable bonds is 7. The minimum absolute atomic E-state index is 0.0667. The Morgan fingerprint density at radius 1 is 0.810 bits per heavy atom. The first-order valence-corrected chi connectivity index (χ1v) is 14.2. The third-order valence-corrected chi connectivity index (χ3v) is 7.52. The third-order valence-electron chi connectivity index (χ3n) is 6.61. The van der Waals surface area contributed by atoms with E-state index < -0.39 is 22.0 Å². The summed E-state index contributed by atoms with van der Waals surface area (Å²) in [4.78, 5) is 19.8. The molecule has 4 aromatic rings. The lowest BCUT2D eigenvalue weighted by Crippen LogP contribution is -2.47. The summed E-state index contributed by atoms with van der Waals surface area (Å²) < 4.78 is 77.0. The molecule has 0 amide bonds. The van der Waals surface area contributed by atoms with Gasteiger partial charge in [0.1, 0.15) is 11.6 Å². The van der Waals surface area contributed by atoms with Crippen LogP contribution < -0.4 is 24.4 Å². The summed E-state index contributed by atoms with van der Waals surface area (Å²) in [5.74, 6) is -0.429. The van der Waals surface area contributed by atoms with Crippen LogP contribution in [0.1, 0.15) is 5.82 Å². The van der Waals surface area contributed by atoms with Crippen LogP contribution in [0.2, 0.25) is 0 Å². The molecule has 2 aromatic heterocycles. The lowest BCUT2D eigenvalue weighted by Gasteiger charge is -2.37. The first-order chi connectivity index (χ1) is 20.0. The molecule has 1 saturated heterocycles. The zero-order chi connectivity index (χ0) is 30.1. The number of ether oxygens (including phenoxy) is 2. The monoisotopic (exact) mass is 601 g/mol. The molecule has 220 valence electrons. The van der Waals surface area contributed by atoms with Crippen molar-refractivity contribution in [2.24, 2.45) is 5.14 Å². The molecule has 1 aliphatic heterocycles. The Morgan fingerprint density at radius 3 is 2.10 bits per heavy atom. The highest BCUT2D eigenvalue weighted by Gasteiger charge is 2.38. The predicted octanol–water partition coefficient (Wildman–Crippen LogP) is 3.61. The van der Waals surface area contributed by atoms with E-state index in [0.717, 1.165) is 0 Å². The fraction of sp³-hybridized carbons (Fsp3) is 0.259. The summed E-state index contributed by atoms with van der Waals surface area (Å²) in [5, 5.41) is 5.32. The highest BCUT2D eigenvalue weighted by molar-refractivity contribution is 7.89. The second-order valence-electron chi connectivity index (χ2n) is 9.26. The molecule has 0 unspecified atom stereocenters. The Hall–Kier alpha value is -4.50. The molecule has 5 rings (SSSR count). The van der Waals surface area contributed by atoms with E-state index in [2.05, 4.69) is 19.9 Å². The van der Waals surface area contributed by atoms with Crippen molar-refractivity contribution >= 4 is 21.7 Å². The fourth-order valence-electron chi connectivity index (χ4n) is 4.60. The van der Waals surface area contributed by atoms with Crippen LogP contribution in [0.3, 0.4) is 0 Å². The van der Waals surface area contributed by atoms with E-state index in [9.17, 15) is 21.6 Å². The summed E-state index contributed by atoms with van der Waals surface area (Å²) in [5.41, 5.74) is 0.962. The van der Waals surface area contributed by atoms with Gasteiger partial charge in [-0.1, -0.05) is 42.5 Å². The van der Waals surface area contributed by atoms with Crippen LogP contribution in [0.15, 0.2) is 65.6 Å². The van der Waals surface area contributed by atoms with Gasteiger partial charge in [-0.2, -0.15) is 23.1 Å².